The number of azide groups is 1. The molecule has 0 spiro atoms. The molecule has 5 rings (SSSR count). The van der Waals surface area contributed by atoms with Gasteiger partial charge in [0.2, 0.25) is 0 Å². The fourth-order valence-electron chi connectivity index (χ4n) is 4.62. The number of rotatable bonds is 7. The van der Waals surface area contributed by atoms with Crippen LogP contribution in [0.2, 0.25) is 0 Å². The van der Waals surface area contributed by atoms with Crippen LogP contribution in [0.3, 0.4) is 0 Å². The number of ether oxygens (including phenoxy) is 1. The van der Waals surface area contributed by atoms with E-state index in [1.165, 1.54) is 6.26 Å². The average molecular weight is 482 g/mol. The van der Waals surface area contributed by atoms with E-state index in [1.807, 2.05) is 29.0 Å². The van der Waals surface area contributed by atoms with Crippen LogP contribution in [0, 0.1) is 4.78 Å². The summed E-state index contributed by atoms with van der Waals surface area (Å²) in [4.78, 5) is 19.4. The zero-order chi connectivity index (χ0) is 23.9. The van der Waals surface area contributed by atoms with Crippen LogP contribution in [0.25, 0.3) is 32.9 Å². The van der Waals surface area contributed by atoms with Gasteiger partial charge in [0.15, 0.2) is 5.82 Å². The smallest absolute Gasteiger partial charge is 0.162 e. The summed E-state index contributed by atoms with van der Waals surface area (Å²) in [6.07, 6.45) is 6.50. The van der Waals surface area contributed by atoms with Crippen LogP contribution in [-0.4, -0.2) is 62.3 Å². The van der Waals surface area contributed by atoms with Crippen molar-refractivity contribution in [2.45, 2.75) is 37.1 Å². The largest absolute Gasteiger partial charge is 0.377 e. The molecule has 3 aromatic heterocycles. The number of nitrogens with one attached hydrogen (secondary N) is 1. The second kappa shape index (κ2) is 8.53. The highest BCUT2D eigenvalue weighted by atomic mass is 32.2. The van der Waals surface area contributed by atoms with Crippen LogP contribution in [0.4, 0.5) is 5.82 Å². The van der Waals surface area contributed by atoms with Crippen molar-refractivity contribution in [3.05, 3.63) is 46.7 Å². The first-order chi connectivity index (χ1) is 16.3. The molecule has 3 aromatic rings. The molecule has 0 radical (unpaired) electrons. The molecule has 2 fully saturated rings. The summed E-state index contributed by atoms with van der Waals surface area (Å²) in [5.41, 5.74) is 10.8. The predicted octanol–water partition coefficient (Wildman–Crippen LogP) is 3.69. The number of morpholine rings is 1. The first-order valence-electron chi connectivity index (χ1n) is 11.3. The number of aromatic nitrogens is 4. The molecule has 1 aliphatic heterocycles. The van der Waals surface area contributed by atoms with Crippen LogP contribution in [-0.2, 0) is 25.8 Å². The average Bonchev–Trinajstić information content (AvgIpc) is 3.55. The maximum Gasteiger partial charge on any atom is 0.162 e. The van der Waals surface area contributed by atoms with E-state index in [-0.39, 0.29) is 6.04 Å². The maximum absolute atomic E-state index is 12.9. The SMILES string of the molecule is C[C@@H]1COCCN1c1cc(C2([S@](C)(=N)=O)CC2)nc(-c2ccnc3c2ccn3CCN=[N+]=[N-])n1. The first kappa shape index (κ1) is 22.6. The Bertz CT molecular complexity index is 1390. The van der Waals surface area contributed by atoms with Gasteiger partial charge in [-0.2, -0.15) is 0 Å². The standard InChI is InChI=1S/C22H27N9O2S/c1-15-14-33-12-11-31(15)19-13-18(22(5-6-22)34(2,24)32)27-20(28-19)16-3-7-25-21-17(16)4-9-30(21)10-8-26-29-23/h3-4,7,9,13,15,24H,5-6,8,10-12,14H2,1-2H3/t15-,34-/m1/s1. The lowest BCUT2D eigenvalue weighted by molar-refractivity contribution is 0.0985. The topological polar surface area (TPSA) is 146 Å². The van der Waals surface area contributed by atoms with Gasteiger partial charge < -0.3 is 14.2 Å². The summed E-state index contributed by atoms with van der Waals surface area (Å²) >= 11 is 0. The minimum atomic E-state index is -2.85. The zero-order valence-corrected chi connectivity index (χ0v) is 20.0. The third-order valence-electron chi connectivity index (χ3n) is 6.70. The second-order valence-electron chi connectivity index (χ2n) is 8.95. The highest BCUT2D eigenvalue weighted by molar-refractivity contribution is 7.92. The van der Waals surface area contributed by atoms with Gasteiger partial charge in [0.25, 0.3) is 0 Å². The molecule has 0 aromatic carbocycles. The molecule has 0 unspecified atom stereocenters. The Morgan fingerprint density at radius 2 is 2.21 bits per heavy atom. The van der Waals surface area contributed by atoms with Crippen molar-refractivity contribution in [1.29, 1.82) is 4.78 Å². The van der Waals surface area contributed by atoms with Crippen LogP contribution in [0.1, 0.15) is 25.5 Å². The highest BCUT2D eigenvalue weighted by Gasteiger charge is 2.53. The van der Waals surface area contributed by atoms with Crippen molar-refractivity contribution in [3.8, 4) is 11.4 Å². The van der Waals surface area contributed by atoms with Gasteiger partial charge in [0.1, 0.15) is 11.5 Å². The molecule has 178 valence electrons. The molecule has 2 aliphatic rings. The lowest BCUT2D eigenvalue weighted by Gasteiger charge is -2.35. The van der Waals surface area contributed by atoms with Crippen molar-refractivity contribution in [1.82, 2.24) is 19.5 Å². The van der Waals surface area contributed by atoms with Crippen LogP contribution in [0.15, 0.2) is 35.7 Å². The van der Waals surface area contributed by atoms with E-state index in [2.05, 4.69) is 26.8 Å². The Kier molecular flexibility index (Phi) is 5.67. The molecule has 1 N–H and O–H groups in total. The molecular weight excluding hydrogens is 454 g/mol. The van der Waals surface area contributed by atoms with E-state index in [0.29, 0.717) is 57.2 Å². The van der Waals surface area contributed by atoms with Gasteiger partial charge in [-0.05, 0) is 37.4 Å². The van der Waals surface area contributed by atoms with Crippen LogP contribution < -0.4 is 4.90 Å². The summed E-state index contributed by atoms with van der Waals surface area (Å²) in [5.74, 6) is 1.29. The zero-order valence-electron chi connectivity index (χ0n) is 19.2. The van der Waals surface area contributed by atoms with Gasteiger partial charge in [0.05, 0.1) is 39.4 Å². The Labute approximate surface area is 197 Å². The van der Waals surface area contributed by atoms with Crippen LogP contribution in [0.5, 0.6) is 0 Å². The number of fused-ring (bicyclic) bond motifs is 1. The van der Waals surface area contributed by atoms with Crippen LogP contribution >= 0.6 is 0 Å². The quantitative estimate of drug-likeness (QED) is 0.309. The molecule has 0 bridgehead atoms. The fraction of sp³-hybridized carbons (Fsp3) is 0.500. The molecule has 2 atom stereocenters. The molecule has 1 aliphatic carbocycles. The second-order valence-corrected chi connectivity index (χ2v) is 11.4. The number of nitrogens with zero attached hydrogens (tertiary/aromatic N) is 8. The summed E-state index contributed by atoms with van der Waals surface area (Å²) in [5, 5.41) is 4.50. The fourth-order valence-corrected chi connectivity index (χ4v) is 6.01. The van der Waals surface area contributed by atoms with Crippen molar-refractivity contribution in [2.24, 2.45) is 5.11 Å². The Hall–Kier alpha value is -3.21. The summed E-state index contributed by atoms with van der Waals surface area (Å²) in [6, 6.07) is 5.90. The van der Waals surface area contributed by atoms with E-state index in [9.17, 15) is 4.21 Å². The third kappa shape index (κ3) is 3.87. The number of pyridine rings is 1. The normalized spacial score (nSPS) is 21.1. The first-order valence-corrected chi connectivity index (χ1v) is 13.2. The van der Waals surface area contributed by atoms with Gasteiger partial charge in [0, 0.05) is 60.2 Å². The Morgan fingerprint density at radius 1 is 1.38 bits per heavy atom. The van der Waals surface area contributed by atoms with Gasteiger partial charge in [-0.1, -0.05) is 5.11 Å². The van der Waals surface area contributed by atoms with Gasteiger partial charge in [-0.3, -0.25) is 4.78 Å². The lowest BCUT2D eigenvalue weighted by Crippen LogP contribution is -2.44. The Morgan fingerprint density at radius 3 is 2.91 bits per heavy atom. The Balaban J connectivity index is 1.65. The van der Waals surface area contributed by atoms with E-state index in [4.69, 9.17) is 25.0 Å². The molecule has 0 amide bonds. The molecule has 4 heterocycles. The molecule has 34 heavy (non-hydrogen) atoms. The molecule has 12 heteroatoms. The molecule has 1 saturated heterocycles. The van der Waals surface area contributed by atoms with Crippen molar-refractivity contribution >= 4 is 26.6 Å². The van der Waals surface area contributed by atoms with Gasteiger partial charge in [-0.15, -0.1) is 0 Å². The summed E-state index contributed by atoms with van der Waals surface area (Å²) < 4.78 is 28.1. The summed E-state index contributed by atoms with van der Waals surface area (Å²) in [7, 11) is -2.85. The third-order valence-corrected chi connectivity index (χ3v) is 8.81. The number of hydrogen-bond acceptors (Lipinski definition) is 8. The van der Waals surface area contributed by atoms with Gasteiger partial charge >= 0.3 is 0 Å². The molecular formula is C22H27N9O2S. The minimum absolute atomic E-state index is 0.140. The van der Waals surface area contributed by atoms with E-state index < -0.39 is 14.5 Å². The lowest BCUT2D eigenvalue weighted by atomic mass is 10.1. The van der Waals surface area contributed by atoms with Crippen molar-refractivity contribution in [2.75, 3.05) is 37.5 Å². The summed E-state index contributed by atoms with van der Waals surface area (Å²) in [6.45, 7) is 4.86. The van der Waals surface area contributed by atoms with Crippen molar-refractivity contribution < 1.29 is 8.95 Å². The monoisotopic (exact) mass is 481 g/mol. The highest BCUT2D eigenvalue weighted by Crippen LogP contribution is 2.52. The molecule has 11 nitrogen and oxygen atoms in total. The van der Waals surface area contributed by atoms with E-state index in [1.54, 1.807) is 6.20 Å². The molecule has 1 saturated carbocycles. The van der Waals surface area contributed by atoms with E-state index in [0.717, 1.165) is 22.4 Å². The van der Waals surface area contributed by atoms with Crippen molar-refractivity contribution in [3.63, 3.8) is 0 Å². The predicted molar refractivity (Wildman–Crippen MR) is 130 cm³/mol. The van der Waals surface area contributed by atoms with E-state index >= 15 is 0 Å². The van der Waals surface area contributed by atoms with Gasteiger partial charge in [-0.25, -0.2) is 19.2 Å². The minimum Gasteiger partial charge on any atom is -0.377 e. The maximum atomic E-state index is 12.9. The number of anilines is 1. The number of hydrogen-bond donors (Lipinski definition) is 1.